The van der Waals surface area contributed by atoms with Crippen LogP contribution in [0.4, 0.5) is 0 Å². The zero-order valence-corrected chi connectivity index (χ0v) is 14.2. The van der Waals surface area contributed by atoms with Gasteiger partial charge in [0.25, 0.3) is 0 Å². The lowest BCUT2D eigenvalue weighted by Gasteiger charge is -1.98. The average molecular weight is 326 g/mol. The SMILES string of the molecule is CC(=O)NCc1ccc(-c2nc(-c3cccc(C)c3)sc2C)o1. The van der Waals surface area contributed by atoms with Crippen molar-refractivity contribution >= 4 is 17.2 Å². The number of amides is 1. The Balaban J connectivity index is 1.88. The maximum absolute atomic E-state index is 11.0. The molecule has 118 valence electrons. The second kappa shape index (κ2) is 6.38. The van der Waals surface area contributed by atoms with Crippen molar-refractivity contribution < 1.29 is 9.21 Å². The number of carbonyl (C=O) groups excluding carboxylic acids is 1. The zero-order chi connectivity index (χ0) is 16.4. The molecule has 0 radical (unpaired) electrons. The highest BCUT2D eigenvalue weighted by Gasteiger charge is 2.14. The Bertz CT molecular complexity index is 848. The fraction of sp³-hybridized carbons (Fsp3) is 0.222. The van der Waals surface area contributed by atoms with E-state index in [1.54, 1.807) is 11.3 Å². The first-order valence-electron chi connectivity index (χ1n) is 7.41. The van der Waals surface area contributed by atoms with Crippen LogP contribution in [0.2, 0.25) is 0 Å². The smallest absolute Gasteiger partial charge is 0.217 e. The van der Waals surface area contributed by atoms with Gasteiger partial charge in [0.1, 0.15) is 16.5 Å². The number of furan rings is 1. The van der Waals surface area contributed by atoms with Crippen LogP contribution in [-0.4, -0.2) is 10.9 Å². The van der Waals surface area contributed by atoms with Crippen molar-refractivity contribution in [2.75, 3.05) is 0 Å². The molecule has 23 heavy (non-hydrogen) atoms. The van der Waals surface area contributed by atoms with Crippen LogP contribution in [0.15, 0.2) is 40.8 Å². The normalized spacial score (nSPS) is 10.7. The van der Waals surface area contributed by atoms with E-state index in [9.17, 15) is 4.79 Å². The molecule has 0 saturated heterocycles. The average Bonchev–Trinajstić information content (AvgIpc) is 3.11. The molecule has 0 unspecified atom stereocenters. The van der Waals surface area contributed by atoms with E-state index in [1.165, 1.54) is 12.5 Å². The van der Waals surface area contributed by atoms with E-state index in [0.717, 1.165) is 32.7 Å². The Kier molecular flexibility index (Phi) is 4.30. The van der Waals surface area contributed by atoms with Gasteiger partial charge < -0.3 is 9.73 Å². The Morgan fingerprint density at radius 1 is 1.26 bits per heavy atom. The number of aryl methyl sites for hydroxylation is 2. The summed E-state index contributed by atoms with van der Waals surface area (Å²) in [5, 5.41) is 3.72. The van der Waals surface area contributed by atoms with E-state index in [0.29, 0.717) is 6.54 Å². The van der Waals surface area contributed by atoms with Gasteiger partial charge in [-0.2, -0.15) is 0 Å². The van der Waals surface area contributed by atoms with Crippen LogP contribution >= 0.6 is 11.3 Å². The van der Waals surface area contributed by atoms with Gasteiger partial charge in [-0.15, -0.1) is 11.3 Å². The summed E-state index contributed by atoms with van der Waals surface area (Å²) < 4.78 is 5.80. The first kappa shape index (κ1) is 15.5. The molecule has 1 N–H and O–H groups in total. The lowest BCUT2D eigenvalue weighted by molar-refractivity contribution is -0.119. The number of nitrogens with zero attached hydrogens (tertiary/aromatic N) is 1. The first-order valence-corrected chi connectivity index (χ1v) is 8.22. The molecule has 0 saturated carbocycles. The van der Waals surface area contributed by atoms with Gasteiger partial charge in [0.05, 0.1) is 6.54 Å². The number of hydrogen-bond acceptors (Lipinski definition) is 4. The minimum absolute atomic E-state index is 0.0745. The molecule has 0 atom stereocenters. The molecular formula is C18H18N2O2S. The second-order valence-electron chi connectivity index (χ2n) is 5.47. The summed E-state index contributed by atoms with van der Waals surface area (Å²) in [4.78, 5) is 16.8. The molecule has 1 aromatic carbocycles. The van der Waals surface area contributed by atoms with Gasteiger partial charge in [-0.3, -0.25) is 4.79 Å². The Morgan fingerprint density at radius 3 is 2.83 bits per heavy atom. The highest BCUT2D eigenvalue weighted by Crippen LogP contribution is 2.34. The van der Waals surface area contributed by atoms with Gasteiger partial charge in [0.15, 0.2) is 5.76 Å². The van der Waals surface area contributed by atoms with E-state index in [4.69, 9.17) is 9.40 Å². The van der Waals surface area contributed by atoms with E-state index in [-0.39, 0.29) is 5.91 Å². The zero-order valence-electron chi connectivity index (χ0n) is 13.3. The van der Waals surface area contributed by atoms with Crippen LogP contribution in [-0.2, 0) is 11.3 Å². The third kappa shape index (κ3) is 3.51. The maximum atomic E-state index is 11.0. The predicted molar refractivity (Wildman–Crippen MR) is 92.2 cm³/mol. The van der Waals surface area contributed by atoms with Gasteiger partial charge in [0, 0.05) is 17.4 Å². The Hall–Kier alpha value is -2.40. The first-order chi connectivity index (χ1) is 11.0. The molecule has 0 bridgehead atoms. The van der Waals surface area contributed by atoms with Gasteiger partial charge in [-0.1, -0.05) is 23.8 Å². The fourth-order valence-corrected chi connectivity index (χ4v) is 3.25. The Labute approximate surface area is 139 Å². The summed E-state index contributed by atoms with van der Waals surface area (Å²) in [7, 11) is 0. The van der Waals surface area contributed by atoms with E-state index in [1.807, 2.05) is 25.1 Å². The number of thiazole rings is 1. The van der Waals surface area contributed by atoms with Crippen molar-refractivity contribution in [3.05, 3.63) is 52.6 Å². The van der Waals surface area contributed by atoms with Crippen molar-refractivity contribution in [1.82, 2.24) is 10.3 Å². The van der Waals surface area contributed by atoms with Gasteiger partial charge in [-0.05, 0) is 32.0 Å². The molecule has 1 amide bonds. The number of benzene rings is 1. The van der Waals surface area contributed by atoms with Crippen LogP contribution in [0.3, 0.4) is 0 Å². The molecule has 0 aliphatic heterocycles. The number of rotatable bonds is 4. The summed E-state index contributed by atoms with van der Waals surface area (Å²) in [5.41, 5.74) is 3.20. The molecule has 0 aliphatic carbocycles. The summed E-state index contributed by atoms with van der Waals surface area (Å²) in [5.74, 6) is 1.38. The summed E-state index contributed by atoms with van der Waals surface area (Å²) >= 11 is 1.66. The summed E-state index contributed by atoms with van der Waals surface area (Å²) in [6, 6.07) is 12.1. The van der Waals surface area contributed by atoms with Gasteiger partial charge >= 0.3 is 0 Å². The number of aromatic nitrogens is 1. The molecule has 2 heterocycles. The Morgan fingerprint density at radius 2 is 2.09 bits per heavy atom. The highest BCUT2D eigenvalue weighted by molar-refractivity contribution is 7.15. The third-order valence-electron chi connectivity index (χ3n) is 3.47. The minimum atomic E-state index is -0.0745. The molecule has 4 nitrogen and oxygen atoms in total. The van der Waals surface area contributed by atoms with Crippen LogP contribution < -0.4 is 5.32 Å². The predicted octanol–water partition coefficient (Wildman–Crippen LogP) is 4.32. The summed E-state index contributed by atoms with van der Waals surface area (Å²) in [6.45, 7) is 6.00. The van der Waals surface area contributed by atoms with E-state index in [2.05, 4.69) is 30.4 Å². The molecule has 0 aliphatic rings. The number of carbonyl (C=O) groups is 1. The van der Waals surface area contributed by atoms with Crippen LogP contribution in [0.5, 0.6) is 0 Å². The van der Waals surface area contributed by atoms with Crippen molar-refractivity contribution in [2.45, 2.75) is 27.3 Å². The fourth-order valence-electron chi connectivity index (χ4n) is 2.34. The molecule has 3 rings (SSSR count). The quantitative estimate of drug-likeness (QED) is 0.776. The molecular weight excluding hydrogens is 308 g/mol. The van der Waals surface area contributed by atoms with Crippen molar-refractivity contribution in [3.8, 4) is 22.0 Å². The molecule has 5 heteroatoms. The minimum Gasteiger partial charge on any atom is -0.458 e. The van der Waals surface area contributed by atoms with Crippen LogP contribution in [0, 0.1) is 13.8 Å². The topological polar surface area (TPSA) is 55.1 Å². The number of nitrogens with one attached hydrogen (secondary N) is 1. The molecule has 3 aromatic rings. The van der Waals surface area contributed by atoms with Crippen molar-refractivity contribution in [1.29, 1.82) is 0 Å². The van der Waals surface area contributed by atoms with Gasteiger partial charge in [0.2, 0.25) is 5.91 Å². The van der Waals surface area contributed by atoms with Crippen LogP contribution in [0.1, 0.15) is 23.1 Å². The molecule has 2 aromatic heterocycles. The van der Waals surface area contributed by atoms with Gasteiger partial charge in [-0.25, -0.2) is 4.98 Å². The lowest BCUT2D eigenvalue weighted by Crippen LogP contribution is -2.18. The maximum Gasteiger partial charge on any atom is 0.217 e. The van der Waals surface area contributed by atoms with E-state index >= 15 is 0 Å². The van der Waals surface area contributed by atoms with Crippen LogP contribution in [0.25, 0.3) is 22.0 Å². The lowest BCUT2D eigenvalue weighted by atomic mass is 10.1. The highest BCUT2D eigenvalue weighted by atomic mass is 32.1. The van der Waals surface area contributed by atoms with E-state index < -0.39 is 0 Å². The largest absolute Gasteiger partial charge is 0.458 e. The van der Waals surface area contributed by atoms with Crippen molar-refractivity contribution in [3.63, 3.8) is 0 Å². The number of hydrogen-bond donors (Lipinski definition) is 1. The standard InChI is InChI=1S/C18H18N2O2S/c1-11-5-4-6-14(9-11)18-20-17(12(2)23-18)16-8-7-15(22-16)10-19-13(3)21/h4-9H,10H2,1-3H3,(H,19,21). The third-order valence-corrected chi connectivity index (χ3v) is 4.49. The van der Waals surface area contributed by atoms with Crippen molar-refractivity contribution in [2.24, 2.45) is 0 Å². The molecule has 0 fully saturated rings. The second-order valence-corrected chi connectivity index (χ2v) is 6.67. The summed E-state index contributed by atoms with van der Waals surface area (Å²) in [6.07, 6.45) is 0. The molecule has 0 spiro atoms. The monoisotopic (exact) mass is 326 g/mol.